The fourth-order valence-corrected chi connectivity index (χ4v) is 0.376. The van der Waals surface area contributed by atoms with Crippen LogP contribution in [0.5, 0.6) is 0 Å². The molecule has 0 aliphatic rings. The Bertz CT molecular complexity index is 90.3. The van der Waals surface area contributed by atoms with Gasteiger partial charge >= 0.3 is 0 Å². The third-order valence-electron chi connectivity index (χ3n) is 1.18. The Labute approximate surface area is 56.3 Å². The Balaban J connectivity index is 3.34. The van der Waals surface area contributed by atoms with Gasteiger partial charge in [0, 0.05) is 7.05 Å². The molecular formula is C6H14N3. The van der Waals surface area contributed by atoms with E-state index >= 15 is 0 Å². The minimum Gasteiger partial charge on any atom is -0.358 e. The maximum atomic E-state index is 7.09. The van der Waals surface area contributed by atoms with Gasteiger partial charge in [-0.05, 0) is 13.3 Å². The second kappa shape index (κ2) is 4.18. The smallest absolute Gasteiger partial charge is 0.210 e. The minimum absolute atomic E-state index is 0.268. The van der Waals surface area contributed by atoms with Gasteiger partial charge in [-0.25, -0.2) is 5.32 Å². The summed E-state index contributed by atoms with van der Waals surface area (Å²) in [6.45, 7) is 4.04. The average molecular weight is 128 g/mol. The Hall–Kier alpha value is -0.730. The Kier molecular flexibility index (Phi) is 3.84. The molecule has 0 saturated heterocycles. The molecule has 0 aliphatic heterocycles. The Morgan fingerprint density at radius 1 is 1.78 bits per heavy atom. The maximum absolute atomic E-state index is 7.09. The van der Waals surface area contributed by atoms with Crippen LogP contribution < -0.4 is 10.6 Å². The predicted molar refractivity (Wildman–Crippen MR) is 38.7 cm³/mol. The zero-order chi connectivity index (χ0) is 7.28. The third-order valence-corrected chi connectivity index (χ3v) is 1.18. The van der Waals surface area contributed by atoms with Crippen molar-refractivity contribution in [2.24, 2.45) is 0 Å². The second-order valence-electron chi connectivity index (χ2n) is 1.98. The first-order valence-corrected chi connectivity index (χ1v) is 3.17. The van der Waals surface area contributed by atoms with Gasteiger partial charge in [0.2, 0.25) is 5.96 Å². The molecule has 1 unspecified atom stereocenters. The molecule has 0 spiro atoms. The van der Waals surface area contributed by atoms with Crippen LogP contribution in [-0.4, -0.2) is 19.0 Å². The average Bonchev–Trinajstić information content (AvgIpc) is 1.87. The molecule has 9 heavy (non-hydrogen) atoms. The summed E-state index contributed by atoms with van der Waals surface area (Å²) >= 11 is 0. The molecule has 0 aromatic rings. The molecule has 0 aromatic carbocycles. The van der Waals surface area contributed by atoms with E-state index in [1.807, 2.05) is 6.92 Å². The summed E-state index contributed by atoms with van der Waals surface area (Å²) in [5, 5.41) is 13.7. The number of hydrogen-bond acceptors (Lipinski definition) is 1. The van der Waals surface area contributed by atoms with Crippen molar-refractivity contribution in [1.29, 1.82) is 5.41 Å². The summed E-state index contributed by atoms with van der Waals surface area (Å²) in [6.07, 6.45) is 0.990. The molecule has 0 heterocycles. The van der Waals surface area contributed by atoms with Crippen LogP contribution in [0.25, 0.3) is 0 Å². The first kappa shape index (κ1) is 8.27. The molecule has 1 radical (unpaired) electrons. The summed E-state index contributed by atoms with van der Waals surface area (Å²) in [5.41, 5.74) is 0. The lowest BCUT2D eigenvalue weighted by Gasteiger charge is -2.08. The van der Waals surface area contributed by atoms with Crippen LogP contribution in [0.2, 0.25) is 0 Å². The summed E-state index contributed by atoms with van der Waals surface area (Å²) in [6, 6.07) is 0.268. The lowest BCUT2D eigenvalue weighted by molar-refractivity contribution is 0.619. The summed E-state index contributed by atoms with van der Waals surface area (Å²) in [5.74, 6) is 0.268. The van der Waals surface area contributed by atoms with Gasteiger partial charge in [0.1, 0.15) is 0 Å². The van der Waals surface area contributed by atoms with Crippen molar-refractivity contribution in [3.8, 4) is 0 Å². The minimum atomic E-state index is 0.268. The van der Waals surface area contributed by atoms with Crippen LogP contribution in [-0.2, 0) is 0 Å². The van der Waals surface area contributed by atoms with E-state index in [-0.39, 0.29) is 12.0 Å². The molecule has 3 nitrogen and oxygen atoms in total. The van der Waals surface area contributed by atoms with Crippen LogP contribution in [0.4, 0.5) is 0 Å². The van der Waals surface area contributed by atoms with E-state index in [9.17, 15) is 0 Å². The number of rotatable bonds is 2. The van der Waals surface area contributed by atoms with Gasteiger partial charge in [-0.1, -0.05) is 6.92 Å². The lowest BCUT2D eigenvalue weighted by Crippen LogP contribution is -2.33. The normalized spacial score (nSPS) is 12.3. The number of hydrogen-bond donors (Lipinski definition) is 2. The molecule has 0 aliphatic carbocycles. The van der Waals surface area contributed by atoms with Crippen molar-refractivity contribution in [1.82, 2.24) is 10.6 Å². The molecule has 0 aromatic heterocycles. The highest BCUT2D eigenvalue weighted by atomic mass is 15.1. The molecule has 3 heteroatoms. The molecule has 0 fully saturated rings. The largest absolute Gasteiger partial charge is 0.358 e. The van der Waals surface area contributed by atoms with E-state index in [1.165, 1.54) is 0 Å². The van der Waals surface area contributed by atoms with Crippen molar-refractivity contribution in [3.05, 3.63) is 0 Å². The Morgan fingerprint density at radius 3 is 2.67 bits per heavy atom. The Morgan fingerprint density at radius 2 is 2.33 bits per heavy atom. The summed E-state index contributed by atoms with van der Waals surface area (Å²) < 4.78 is 0. The molecule has 0 saturated carbocycles. The monoisotopic (exact) mass is 128 g/mol. The summed E-state index contributed by atoms with van der Waals surface area (Å²) in [4.78, 5) is 0. The number of nitrogens with zero attached hydrogens (tertiary/aromatic N) is 1. The molecule has 0 bridgehead atoms. The predicted octanol–water partition coefficient (Wildman–Crippen LogP) is 0.543. The fraction of sp³-hybridized carbons (Fsp3) is 0.833. The molecule has 53 valence electrons. The molecule has 0 amide bonds. The van der Waals surface area contributed by atoms with E-state index in [1.54, 1.807) is 7.05 Å². The van der Waals surface area contributed by atoms with Gasteiger partial charge < -0.3 is 5.32 Å². The van der Waals surface area contributed by atoms with Gasteiger partial charge in [0.05, 0.1) is 6.04 Å². The standard InChI is InChI=1S/C6H14N3/c1-4-5(2)9-6(7)8-3/h5H,4H2,1-3H3,(H2,7,8). The molecule has 2 N–H and O–H groups in total. The summed E-state index contributed by atoms with van der Waals surface area (Å²) in [7, 11) is 1.70. The van der Waals surface area contributed by atoms with Crippen molar-refractivity contribution in [2.45, 2.75) is 26.3 Å². The van der Waals surface area contributed by atoms with E-state index in [0.717, 1.165) is 6.42 Å². The fourth-order valence-electron chi connectivity index (χ4n) is 0.376. The van der Waals surface area contributed by atoms with Crippen LogP contribution in [0.15, 0.2) is 0 Å². The first-order valence-electron chi connectivity index (χ1n) is 3.17. The molecule has 1 atom stereocenters. The highest BCUT2D eigenvalue weighted by molar-refractivity contribution is 5.75. The van der Waals surface area contributed by atoms with Gasteiger partial charge in [-0.15, -0.1) is 0 Å². The van der Waals surface area contributed by atoms with Crippen molar-refractivity contribution >= 4 is 5.96 Å². The third kappa shape index (κ3) is 3.82. The van der Waals surface area contributed by atoms with Gasteiger partial charge in [-0.2, -0.15) is 0 Å². The van der Waals surface area contributed by atoms with Crippen molar-refractivity contribution in [3.63, 3.8) is 0 Å². The highest BCUT2D eigenvalue weighted by Gasteiger charge is 1.99. The maximum Gasteiger partial charge on any atom is 0.210 e. The SMILES string of the molecule is CCC(C)[N]C(=N)NC. The topological polar surface area (TPSA) is 50.0 Å². The lowest BCUT2D eigenvalue weighted by atomic mass is 10.3. The van der Waals surface area contributed by atoms with E-state index < -0.39 is 0 Å². The zero-order valence-electron chi connectivity index (χ0n) is 6.23. The number of guanidine groups is 1. The van der Waals surface area contributed by atoms with Gasteiger partial charge in [-0.3, -0.25) is 5.41 Å². The zero-order valence-corrected chi connectivity index (χ0v) is 6.23. The van der Waals surface area contributed by atoms with Crippen molar-refractivity contribution < 1.29 is 0 Å². The van der Waals surface area contributed by atoms with Gasteiger partial charge in [0.15, 0.2) is 0 Å². The second-order valence-corrected chi connectivity index (χ2v) is 1.98. The first-order chi connectivity index (χ1) is 4.20. The van der Waals surface area contributed by atoms with E-state index in [2.05, 4.69) is 17.6 Å². The molecular weight excluding hydrogens is 114 g/mol. The van der Waals surface area contributed by atoms with E-state index in [4.69, 9.17) is 5.41 Å². The van der Waals surface area contributed by atoms with E-state index in [0.29, 0.717) is 0 Å². The van der Waals surface area contributed by atoms with Crippen LogP contribution >= 0.6 is 0 Å². The van der Waals surface area contributed by atoms with Crippen LogP contribution in [0.3, 0.4) is 0 Å². The number of nitrogens with one attached hydrogen (secondary N) is 2. The van der Waals surface area contributed by atoms with Crippen LogP contribution in [0.1, 0.15) is 20.3 Å². The van der Waals surface area contributed by atoms with Crippen LogP contribution in [0, 0.1) is 5.41 Å². The van der Waals surface area contributed by atoms with Gasteiger partial charge in [0.25, 0.3) is 0 Å². The molecule has 0 rings (SSSR count). The highest BCUT2D eigenvalue weighted by Crippen LogP contribution is 1.87. The van der Waals surface area contributed by atoms with Crippen molar-refractivity contribution in [2.75, 3.05) is 7.05 Å². The quantitative estimate of drug-likeness (QED) is 0.414.